The summed E-state index contributed by atoms with van der Waals surface area (Å²) in [7, 11) is 0. The molecule has 3 atom stereocenters. The minimum atomic E-state index is -1.08. The maximum Gasteiger partial charge on any atom is 0.307 e. The van der Waals surface area contributed by atoms with E-state index in [-0.39, 0.29) is 11.8 Å². The number of amides is 1. The molecule has 1 rings (SSSR count). The Labute approximate surface area is 120 Å². The Hall–Kier alpha value is -1.10. The Morgan fingerprint density at radius 1 is 1.15 bits per heavy atom. The van der Waals surface area contributed by atoms with Gasteiger partial charge in [-0.1, -0.05) is 13.3 Å². The standard InChI is InChI=1S/C15H27NO4/c1-6-9-7-10(11(8-9)13(18)19)12(17)16-14(2,3)15(4,5)20/h9-11,20H,6-8H2,1-5H3,(H,16,17)(H,18,19)/t9?,10-,11+/m0/s1. The van der Waals surface area contributed by atoms with Crippen LogP contribution in [0.15, 0.2) is 0 Å². The lowest BCUT2D eigenvalue weighted by Crippen LogP contribution is -2.59. The number of carbonyl (C=O) groups is 2. The molecule has 0 heterocycles. The third-order valence-electron chi connectivity index (χ3n) is 4.86. The van der Waals surface area contributed by atoms with Crippen LogP contribution in [0.2, 0.25) is 0 Å². The van der Waals surface area contributed by atoms with Gasteiger partial charge in [0.25, 0.3) is 0 Å². The summed E-state index contributed by atoms with van der Waals surface area (Å²) in [6.45, 7) is 8.77. The molecule has 0 spiro atoms. The third kappa shape index (κ3) is 3.51. The number of aliphatic carboxylic acids is 1. The van der Waals surface area contributed by atoms with Crippen LogP contribution in [0.3, 0.4) is 0 Å². The number of carboxylic acid groups (broad SMARTS) is 1. The van der Waals surface area contributed by atoms with Gasteiger partial charge in [0.15, 0.2) is 0 Å². The minimum absolute atomic E-state index is 0.263. The first kappa shape index (κ1) is 17.0. The van der Waals surface area contributed by atoms with Gasteiger partial charge in [0.1, 0.15) is 0 Å². The average molecular weight is 285 g/mol. The van der Waals surface area contributed by atoms with E-state index in [4.69, 9.17) is 0 Å². The van der Waals surface area contributed by atoms with Crippen LogP contribution in [0.4, 0.5) is 0 Å². The van der Waals surface area contributed by atoms with Crippen LogP contribution in [0.25, 0.3) is 0 Å². The van der Waals surface area contributed by atoms with Crippen LogP contribution in [-0.2, 0) is 9.59 Å². The molecule has 0 aromatic rings. The molecule has 0 radical (unpaired) electrons. The fourth-order valence-corrected chi connectivity index (χ4v) is 2.59. The molecule has 116 valence electrons. The van der Waals surface area contributed by atoms with E-state index in [2.05, 4.69) is 5.32 Å². The largest absolute Gasteiger partial charge is 0.481 e. The molecule has 1 aliphatic rings. The molecule has 1 fully saturated rings. The molecule has 1 amide bonds. The smallest absolute Gasteiger partial charge is 0.307 e. The van der Waals surface area contributed by atoms with Crippen molar-refractivity contribution in [1.29, 1.82) is 0 Å². The normalized spacial score (nSPS) is 27.4. The van der Waals surface area contributed by atoms with Crippen molar-refractivity contribution in [3.05, 3.63) is 0 Å². The van der Waals surface area contributed by atoms with Crippen molar-refractivity contribution in [3.8, 4) is 0 Å². The molecule has 0 bridgehead atoms. The fourth-order valence-electron chi connectivity index (χ4n) is 2.59. The summed E-state index contributed by atoms with van der Waals surface area (Å²) in [6, 6.07) is 0. The van der Waals surface area contributed by atoms with Gasteiger partial charge in [0.05, 0.1) is 23.0 Å². The van der Waals surface area contributed by atoms with Crippen molar-refractivity contribution in [2.45, 2.75) is 65.0 Å². The number of aliphatic hydroxyl groups is 1. The van der Waals surface area contributed by atoms with E-state index >= 15 is 0 Å². The lowest BCUT2D eigenvalue weighted by molar-refractivity contribution is -0.147. The second-order valence-electron chi connectivity index (χ2n) is 6.97. The van der Waals surface area contributed by atoms with Gasteiger partial charge in [-0.25, -0.2) is 0 Å². The van der Waals surface area contributed by atoms with Gasteiger partial charge >= 0.3 is 5.97 Å². The summed E-state index contributed by atoms with van der Waals surface area (Å²) in [6.07, 6.45) is 2.07. The highest BCUT2D eigenvalue weighted by Crippen LogP contribution is 2.39. The molecule has 5 nitrogen and oxygen atoms in total. The second-order valence-corrected chi connectivity index (χ2v) is 6.97. The number of hydrogen-bond donors (Lipinski definition) is 3. The number of rotatable bonds is 5. The van der Waals surface area contributed by atoms with E-state index in [1.54, 1.807) is 27.7 Å². The topological polar surface area (TPSA) is 86.6 Å². The minimum Gasteiger partial charge on any atom is -0.481 e. The highest BCUT2D eigenvalue weighted by molar-refractivity contribution is 5.85. The van der Waals surface area contributed by atoms with Gasteiger partial charge in [0.2, 0.25) is 5.91 Å². The Balaban J connectivity index is 2.83. The first-order chi connectivity index (χ1) is 8.99. The molecule has 1 unspecified atom stereocenters. The third-order valence-corrected chi connectivity index (χ3v) is 4.86. The molecule has 1 saturated carbocycles. The molecular weight excluding hydrogens is 258 g/mol. The summed E-state index contributed by atoms with van der Waals surface area (Å²) in [5.41, 5.74) is -1.89. The predicted octanol–water partition coefficient (Wildman–Crippen LogP) is 1.79. The molecule has 1 aliphatic carbocycles. The first-order valence-corrected chi connectivity index (χ1v) is 7.26. The summed E-state index contributed by atoms with van der Waals surface area (Å²) >= 11 is 0. The zero-order valence-corrected chi connectivity index (χ0v) is 13.1. The number of carboxylic acids is 1. The van der Waals surface area contributed by atoms with Crippen LogP contribution < -0.4 is 5.32 Å². The molecule has 0 aromatic carbocycles. The van der Waals surface area contributed by atoms with Gasteiger partial charge < -0.3 is 15.5 Å². The van der Waals surface area contributed by atoms with E-state index in [0.717, 1.165) is 6.42 Å². The first-order valence-electron chi connectivity index (χ1n) is 7.26. The van der Waals surface area contributed by atoms with Crippen molar-refractivity contribution in [2.75, 3.05) is 0 Å². The maximum atomic E-state index is 12.4. The summed E-state index contributed by atoms with van der Waals surface area (Å²) in [5, 5.41) is 22.2. The Kier molecular flexibility index (Phi) is 4.85. The van der Waals surface area contributed by atoms with Gasteiger partial charge in [0, 0.05) is 0 Å². The zero-order chi connectivity index (χ0) is 15.7. The van der Waals surface area contributed by atoms with E-state index < -0.39 is 28.9 Å². The van der Waals surface area contributed by atoms with Crippen LogP contribution in [0, 0.1) is 17.8 Å². The molecule has 0 saturated heterocycles. The monoisotopic (exact) mass is 285 g/mol. The molecule has 20 heavy (non-hydrogen) atoms. The van der Waals surface area contributed by atoms with E-state index in [1.807, 2.05) is 6.92 Å². The fraction of sp³-hybridized carbons (Fsp3) is 0.867. The molecule has 5 heteroatoms. The van der Waals surface area contributed by atoms with Crippen molar-refractivity contribution in [2.24, 2.45) is 17.8 Å². The number of hydrogen-bond acceptors (Lipinski definition) is 3. The zero-order valence-electron chi connectivity index (χ0n) is 13.1. The summed E-state index contributed by atoms with van der Waals surface area (Å²) < 4.78 is 0. The number of carbonyl (C=O) groups excluding carboxylic acids is 1. The van der Waals surface area contributed by atoms with Crippen molar-refractivity contribution in [3.63, 3.8) is 0 Å². The summed E-state index contributed by atoms with van der Waals surface area (Å²) in [4.78, 5) is 23.7. The van der Waals surface area contributed by atoms with E-state index in [1.165, 1.54) is 0 Å². The SMILES string of the molecule is CCC1C[C@H](C(=O)NC(C)(C)C(C)(C)O)[C@H](C(=O)O)C1. The van der Waals surface area contributed by atoms with Crippen molar-refractivity contribution in [1.82, 2.24) is 5.32 Å². The molecule has 3 N–H and O–H groups in total. The second kappa shape index (κ2) is 5.72. The van der Waals surface area contributed by atoms with Crippen LogP contribution in [0.1, 0.15) is 53.9 Å². The highest BCUT2D eigenvalue weighted by Gasteiger charge is 2.45. The van der Waals surface area contributed by atoms with E-state index in [0.29, 0.717) is 12.8 Å². The van der Waals surface area contributed by atoms with Crippen LogP contribution in [-0.4, -0.2) is 33.2 Å². The Morgan fingerprint density at radius 2 is 1.65 bits per heavy atom. The van der Waals surface area contributed by atoms with Crippen LogP contribution >= 0.6 is 0 Å². The Morgan fingerprint density at radius 3 is 2.05 bits per heavy atom. The van der Waals surface area contributed by atoms with E-state index in [9.17, 15) is 19.8 Å². The van der Waals surface area contributed by atoms with Gasteiger partial charge in [-0.2, -0.15) is 0 Å². The highest BCUT2D eigenvalue weighted by atomic mass is 16.4. The van der Waals surface area contributed by atoms with Gasteiger partial charge in [-0.3, -0.25) is 9.59 Å². The molecular formula is C15H27NO4. The van der Waals surface area contributed by atoms with Gasteiger partial charge in [-0.15, -0.1) is 0 Å². The quantitative estimate of drug-likeness (QED) is 0.718. The summed E-state index contributed by atoms with van der Waals surface area (Å²) in [5.74, 6) is -1.99. The molecule has 0 aliphatic heterocycles. The average Bonchev–Trinajstić information content (AvgIpc) is 2.70. The molecule has 0 aromatic heterocycles. The van der Waals surface area contributed by atoms with Crippen LogP contribution in [0.5, 0.6) is 0 Å². The predicted molar refractivity (Wildman–Crippen MR) is 76.2 cm³/mol. The lowest BCUT2D eigenvalue weighted by atomic mass is 9.84. The lowest BCUT2D eigenvalue weighted by Gasteiger charge is -2.39. The van der Waals surface area contributed by atoms with Gasteiger partial charge in [-0.05, 0) is 46.5 Å². The van der Waals surface area contributed by atoms with Crippen molar-refractivity contribution < 1.29 is 19.8 Å². The maximum absolute atomic E-state index is 12.4. The van der Waals surface area contributed by atoms with Crippen molar-refractivity contribution >= 4 is 11.9 Å². The number of nitrogens with one attached hydrogen (secondary N) is 1. The Bertz CT molecular complexity index is 384.